The molecule has 0 unspecified atom stereocenters. The lowest BCUT2D eigenvalue weighted by Crippen LogP contribution is -1.80. The Bertz CT molecular complexity index is 383. The molecule has 0 spiro atoms. The van der Waals surface area contributed by atoms with E-state index in [2.05, 4.69) is 33.0 Å². The second kappa shape index (κ2) is 4.03. The van der Waals surface area contributed by atoms with Crippen LogP contribution in [0, 0.1) is 0 Å². The molecule has 0 amide bonds. The van der Waals surface area contributed by atoms with Gasteiger partial charge < -0.3 is 0 Å². The summed E-state index contributed by atoms with van der Waals surface area (Å²) in [5, 5.41) is 0.877. The van der Waals surface area contributed by atoms with Crippen LogP contribution < -0.4 is 0 Å². The standard InChI is InChI=1S/C10H8BrNS/c11-6-9-10(12-7-13-9)8-4-2-1-3-5-8/h1-5,7H,6H2. The Morgan fingerprint density at radius 1 is 1.23 bits per heavy atom. The molecule has 0 radical (unpaired) electrons. The molecule has 66 valence electrons. The Morgan fingerprint density at radius 2 is 2.00 bits per heavy atom. The van der Waals surface area contributed by atoms with Gasteiger partial charge in [0.25, 0.3) is 0 Å². The van der Waals surface area contributed by atoms with Gasteiger partial charge in [-0.15, -0.1) is 11.3 Å². The fourth-order valence-electron chi connectivity index (χ4n) is 1.20. The molecular formula is C10H8BrNS. The molecule has 0 aliphatic rings. The van der Waals surface area contributed by atoms with Crippen LogP contribution >= 0.6 is 27.3 Å². The number of aromatic nitrogens is 1. The lowest BCUT2D eigenvalue weighted by molar-refractivity contribution is 1.37. The van der Waals surface area contributed by atoms with Crippen LogP contribution in [0.1, 0.15) is 4.88 Å². The summed E-state index contributed by atoms with van der Waals surface area (Å²) in [6.07, 6.45) is 0. The summed E-state index contributed by atoms with van der Waals surface area (Å²) in [5.41, 5.74) is 4.18. The smallest absolute Gasteiger partial charge is 0.0851 e. The number of nitrogens with zero attached hydrogens (tertiary/aromatic N) is 1. The highest BCUT2D eigenvalue weighted by atomic mass is 79.9. The monoisotopic (exact) mass is 253 g/mol. The molecule has 1 nitrogen and oxygen atoms in total. The van der Waals surface area contributed by atoms with Crippen LogP contribution in [-0.4, -0.2) is 4.98 Å². The van der Waals surface area contributed by atoms with Crippen molar-refractivity contribution in [3.63, 3.8) is 0 Å². The van der Waals surface area contributed by atoms with Crippen molar-refractivity contribution >= 4 is 27.3 Å². The first-order chi connectivity index (χ1) is 6.42. The summed E-state index contributed by atoms with van der Waals surface area (Å²) >= 11 is 5.14. The summed E-state index contributed by atoms with van der Waals surface area (Å²) in [5.74, 6) is 0. The Hall–Kier alpha value is -0.670. The largest absolute Gasteiger partial charge is 0.244 e. The molecule has 3 heteroatoms. The Kier molecular flexibility index (Phi) is 2.76. The number of hydrogen-bond donors (Lipinski definition) is 0. The average molecular weight is 254 g/mol. The van der Waals surface area contributed by atoms with Gasteiger partial charge in [0.1, 0.15) is 0 Å². The fraction of sp³-hybridized carbons (Fsp3) is 0.100. The van der Waals surface area contributed by atoms with Crippen molar-refractivity contribution in [2.75, 3.05) is 0 Å². The van der Waals surface area contributed by atoms with Crippen LogP contribution in [-0.2, 0) is 5.33 Å². The molecule has 0 bridgehead atoms. The van der Waals surface area contributed by atoms with E-state index in [-0.39, 0.29) is 0 Å². The molecule has 0 saturated carbocycles. The van der Waals surface area contributed by atoms with Crippen molar-refractivity contribution < 1.29 is 0 Å². The molecule has 1 aromatic heterocycles. The molecule has 2 rings (SSSR count). The minimum Gasteiger partial charge on any atom is -0.244 e. The minimum atomic E-state index is 0.877. The minimum absolute atomic E-state index is 0.877. The lowest BCUT2D eigenvalue weighted by atomic mass is 10.1. The van der Waals surface area contributed by atoms with E-state index in [1.807, 2.05) is 23.7 Å². The third-order valence-corrected chi connectivity index (χ3v) is 3.57. The predicted molar refractivity (Wildman–Crippen MR) is 60.2 cm³/mol. The quantitative estimate of drug-likeness (QED) is 0.744. The lowest BCUT2D eigenvalue weighted by Gasteiger charge is -1.97. The molecule has 0 aliphatic carbocycles. The maximum atomic E-state index is 4.35. The van der Waals surface area contributed by atoms with E-state index in [1.54, 1.807) is 11.3 Å². The first-order valence-corrected chi connectivity index (χ1v) is 5.95. The number of hydrogen-bond acceptors (Lipinski definition) is 2. The van der Waals surface area contributed by atoms with Crippen molar-refractivity contribution in [1.82, 2.24) is 4.98 Å². The zero-order valence-electron chi connectivity index (χ0n) is 6.90. The van der Waals surface area contributed by atoms with Gasteiger partial charge in [-0.3, -0.25) is 0 Å². The molecule has 1 aromatic carbocycles. The van der Waals surface area contributed by atoms with Crippen LogP contribution in [0.5, 0.6) is 0 Å². The van der Waals surface area contributed by atoms with E-state index >= 15 is 0 Å². The van der Waals surface area contributed by atoms with Gasteiger partial charge in [0.05, 0.1) is 11.2 Å². The summed E-state index contributed by atoms with van der Waals surface area (Å²) in [6, 6.07) is 10.3. The highest BCUT2D eigenvalue weighted by Crippen LogP contribution is 2.26. The topological polar surface area (TPSA) is 12.9 Å². The normalized spacial score (nSPS) is 10.2. The average Bonchev–Trinajstić information content (AvgIpc) is 2.67. The number of rotatable bonds is 2. The van der Waals surface area contributed by atoms with Crippen molar-refractivity contribution in [3.05, 3.63) is 40.7 Å². The number of benzene rings is 1. The maximum absolute atomic E-state index is 4.35. The third-order valence-electron chi connectivity index (χ3n) is 1.81. The molecule has 0 saturated heterocycles. The van der Waals surface area contributed by atoms with Crippen molar-refractivity contribution in [1.29, 1.82) is 0 Å². The fourth-order valence-corrected chi connectivity index (χ4v) is 2.49. The van der Waals surface area contributed by atoms with Gasteiger partial charge in [-0.05, 0) is 0 Å². The summed E-state index contributed by atoms with van der Waals surface area (Å²) < 4.78 is 0. The predicted octanol–water partition coefficient (Wildman–Crippen LogP) is 3.71. The number of halogens is 1. The summed E-state index contributed by atoms with van der Waals surface area (Å²) in [4.78, 5) is 5.63. The van der Waals surface area contributed by atoms with Crippen molar-refractivity contribution in [3.8, 4) is 11.3 Å². The molecule has 0 aliphatic heterocycles. The zero-order valence-corrected chi connectivity index (χ0v) is 9.31. The second-order valence-electron chi connectivity index (χ2n) is 2.62. The highest BCUT2D eigenvalue weighted by Gasteiger charge is 2.05. The molecule has 13 heavy (non-hydrogen) atoms. The molecule has 0 fully saturated rings. The second-order valence-corrected chi connectivity index (χ2v) is 4.12. The van der Waals surface area contributed by atoms with E-state index in [4.69, 9.17) is 0 Å². The van der Waals surface area contributed by atoms with Crippen LogP contribution in [0.15, 0.2) is 35.8 Å². The molecule has 0 N–H and O–H groups in total. The Morgan fingerprint density at radius 3 is 2.69 bits per heavy atom. The summed E-state index contributed by atoms with van der Waals surface area (Å²) in [6.45, 7) is 0. The molecule has 0 atom stereocenters. The van der Waals surface area contributed by atoms with Gasteiger partial charge in [-0.1, -0.05) is 46.3 Å². The Balaban J connectivity index is 2.47. The van der Waals surface area contributed by atoms with E-state index in [9.17, 15) is 0 Å². The Labute approximate surface area is 89.6 Å². The highest BCUT2D eigenvalue weighted by molar-refractivity contribution is 9.08. The van der Waals surface area contributed by atoms with Crippen LogP contribution in [0.4, 0.5) is 0 Å². The van der Waals surface area contributed by atoms with Gasteiger partial charge >= 0.3 is 0 Å². The van der Waals surface area contributed by atoms with Crippen molar-refractivity contribution in [2.45, 2.75) is 5.33 Å². The number of thiazole rings is 1. The SMILES string of the molecule is BrCc1scnc1-c1ccccc1. The zero-order chi connectivity index (χ0) is 9.10. The van der Waals surface area contributed by atoms with Gasteiger partial charge in [-0.25, -0.2) is 4.98 Å². The maximum Gasteiger partial charge on any atom is 0.0851 e. The van der Waals surface area contributed by atoms with Gasteiger partial charge in [0, 0.05) is 15.8 Å². The summed E-state index contributed by atoms with van der Waals surface area (Å²) in [7, 11) is 0. The van der Waals surface area contributed by atoms with Crippen LogP contribution in [0.3, 0.4) is 0 Å². The first kappa shape index (κ1) is 8.91. The molecule has 1 heterocycles. The number of alkyl halides is 1. The van der Waals surface area contributed by atoms with E-state index < -0.39 is 0 Å². The van der Waals surface area contributed by atoms with E-state index in [0.29, 0.717) is 0 Å². The third kappa shape index (κ3) is 1.81. The van der Waals surface area contributed by atoms with Crippen LogP contribution in [0.2, 0.25) is 0 Å². The first-order valence-electron chi connectivity index (χ1n) is 3.95. The van der Waals surface area contributed by atoms with E-state index in [0.717, 1.165) is 11.0 Å². The van der Waals surface area contributed by atoms with Gasteiger partial charge in [0.15, 0.2) is 0 Å². The van der Waals surface area contributed by atoms with Gasteiger partial charge in [-0.2, -0.15) is 0 Å². The van der Waals surface area contributed by atoms with Crippen LogP contribution in [0.25, 0.3) is 11.3 Å². The molecule has 2 aromatic rings. The van der Waals surface area contributed by atoms with Gasteiger partial charge in [0.2, 0.25) is 0 Å². The molecular weight excluding hydrogens is 246 g/mol. The van der Waals surface area contributed by atoms with E-state index in [1.165, 1.54) is 10.4 Å². The van der Waals surface area contributed by atoms with Crippen molar-refractivity contribution in [2.24, 2.45) is 0 Å².